The van der Waals surface area contributed by atoms with E-state index in [4.69, 9.17) is 15.8 Å². The highest BCUT2D eigenvalue weighted by atomic mass is 16.5. The van der Waals surface area contributed by atoms with Gasteiger partial charge in [0.1, 0.15) is 11.5 Å². The molecule has 0 fully saturated rings. The molecule has 0 saturated heterocycles. The van der Waals surface area contributed by atoms with E-state index in [0.29, 0.717) is 44.9 Å². The lowest BCUT2D eigenvalue weighted by molar-refractivity contribution is -0.122. The summed E-state index contributed by atoms with van der Waals surface area (Å²) in [5.41, 5.74) is 19.0. The van der Waals surface area contributed by atoms with Crippen molar-refractivity contribution in [2.45, 2.75) is 12.3 Å². The van der Waals surface area contributed by atoms with Gasteiger partial charge in [-0.2, -0.15) is 0 Å². The molecule has 5 rings (SSSR count). The smallest absolute Gasteiger partial charge is 0.408 e. The van der Waals surface area contributed by atoms with Crippen LogP contribution in [0.1, 0.15) is 43.0 Å². The fraction of sp³-hybridized carbons (Fsp3) is 0.214. The number of carbonyl (C=O) groups is 2. The lowest BCUT2D eigenvalue weighted by Gasteiger charge is -2.35. The molecule has 0 amide bonds. The van der Waals surface area contributed by atoms with E-state index in [-0.39, 0.29) is 11.5 Å². The van der Waals surface area contributed by atoms with Gasteiger partial charge in [-0.1, -0.05) is 12.1 Å². The number of aryl methyl sites for hydroxylation is 1. The Morgan fingerprint density at radius 1 is 0.892 bits per heavy atom. The SMILES string of the molecule is Cc1cc(C(=O)C=[N+]=N)cc2c1C(=O)C(=[N+]=N)C21c2ccc(N(C)C)cc2Oc2cc(N(C)C)ccc21. The Bertz CT molecular complexity index is 1570. The molecule has 1 heterocycles. The van der Waals surface area contributed by atoms with Gasteiger partial charge in [-0.25, -0.2) is 0 Å². The van der Waals surface area contributed by atoms with Crippen LogP contribution >= 0.6 is 0 Å². The Kier molecular flexibility index (Phi) is 5.41. The number of ether oxygens (including phenoxy) is 1. The average Bonchev–Trinajstić information content (AvgIpc) is 3.11. The number of anilines is 2. The third-order valence-electron chi connectivity index (χ3n) is 7.11. The summed E-state index contributed by atoms with van der Waals surface area (Å²) in [6.45, 7) is 1.76. The first-order valence-electron chi connectivity index (χ1n) is 11.7. The van der Waals surface area contributed by atoms with Crippen molar-refractivity contribution in [3.8, 4) is 11.5 Å². The van der Waals surface area contributed by atoms with Gasteiger partial charge in [0.25, 0.3) is 11.6 Å². The predicted octanol–water partition coefficient (Wildman–Crippen LogP) is 3.94. The van der Waals surface area contributed by atoms with E-state index in [9.17, 15) is 9.59 Å². The van der Waals surface area contributed by atoms with Crippen LogP contribution in [0.3, 0.4) is 0 Å². The second kappa shape index (κ2) is 8.38. The summed E-state index contributed by atoms with van der Waals surface area (Å²) < 4.78 is 6.44. The zero-order valence-corrected chi connectivity index (χ0v) is 21.2. The van der Waals surface area contributed by atoms with E-state index in [2.05, 4.69) is 9.58 Å². The van der Waals surface area contributed by atoms with E-state index in [1.54, 1.807) is 19.1 Å². The van der Waals surface area contributed by atoms with Crippen molar-refractivity contribution < 1.29 is 23.9 Å². The zero-order chi connectivity index (χ0) is 26.6. The molecule has 1 aliphatic carbocycles. The third kappa shape index (κ3) is 3.26. The Hall–Kier alpha value is -4.84. The number of nitrogens with one attached hydrogen (secondary N) is 2. The maximum Gasteiger partial charge on any atom is 0.408 e. The highest BCUT2D eigenvalue weighted by Crippen LogP contribution is 2.57. The molecule has 2 N–H and O–H groups in total. The molecule has 0 radical (unpaired) electrons. The minimum absolute atomic E-state index is 0.0466. The topological polar surface area (TPSA) is 126 Å². The molecule has 3 aromatic carbocycles. The maximum absolute atomic E-state index is 13.8. The fourth-order valence-electron chi connectivity index (χ4n) is 5.39. The number of rotatable bonds is 4. The highest BCUT2D eigenvalue weighted by molar-refractivity contribution is 6.52. The molecule has 9 nitrogen and oxygen atoms in total. The van der Waals surface area contributed by atoms with Gasteiger partial charge >= 0.3 is 11.9 Å². The number of nitrogens with zero attached hydrogens (tertiary/aromatic N) is 4. The summed E-state index contributed by atoms with van der Waals surface area (Å²) in [6, 6.07) is 14.8. The number of carbonyl (C=O) groups excluding carboxylic acids is 2. The monoisotopic (exact) mass is 494 g/mol. The van der Waals surface area contributed by atoms with Gasteiger partial charge in [-0.05, 0) is 42.3 Å². The van der Waals surface area contributed by atoms with Crippen LogP contribution in [0.5, 0.6) is 11.5 Å². The molecule has 2 aliphatic rings. The maximum atomic E-state index is 13.8. The van der Waals surface area contributed by atoms with Crippen molar-refractivity contribution in [1.29, 1.82) is 11.1 Å². The van der Waals surface area contributed by atoms with Gasteiger partial charge in [0.15, 0.2) is 5.41 Å². The van der Waals surface area contributed by atoms with Crippen LogP contribution in [-0.4, -0.2) is 61.3 Å². The lowest BCUT2D eigenvalue weighted by atomic mass is 9.67. The normalized spacial score (nSPS) is 14.1. The number of hydrogen-bond acceptors (Lipinski definition) is 7. The molecule has 0 bridgehead atoms. The van der Waals surface area contributed by atoms with Crippen molar-refractivity contribution in [2.24, 2.45) is 0 Å². The standard InChI is InChI=1S/C28H26N6O3/c1-15-10-16(22(35)14-31-29)11-21-25(15)26(36)27(32-30)28(21)19-8-6-17(33(2)3)12-23(19)37-24-13-18(34(4)5)7-9-20(24)28/h6-14,29-30H,1-5H3/q+2. The van der Waals surface area contributed by atoms with E-state index >= 15 is 0 Å². The predicted molar refractivity (Wildman–Crippen MR) is 138 cm³/mol. The number of benzene rings is 3. The molecular weight excluding hydrogens is 468 g/mol. The van der Waals surface area contributed by atoms with Crippen molar-refractivity contribution in [1.82, 2.24) is 0 Å². The summed E-state index contributed by atoms with van der Waals surface area (Å²) in [5, 5.41) is 0. The van der Waals surface area contributed by atoms with E-state index < -0.39 is 11.2 Å². The fourth-order valence-corrected chi connectivity index (χ4v) is 5.39. The van der Waals surface area contributed by atoms with Crippen molar-refractivity contribution in [2.75, 3.05) is 38.0 Å². The van der Waals surface area contributed by atoms with Crippen LogP contribution in [0.2, 0.25) is 0 Å². The van der Waals surface area contributed by atoms with Crippen LogP contribution < -0.4 is 14.5 Å². The van der Waals surface area contributed by atoms with Crippen LogP contribution in [0.15, 0.2) is 48.5 Å². The van der Waals surface area contributed by atoms with E-state index in [1.165, 1.54) is 0 Å². The van der Waals surface area contributed by atoms with Gasteiger partial charge in [0.05, 0.1) is 20.6 Å². The van der Waals surface area contributed by atoms with Crippen LogP contribution in [-0.2, 0) is 5.41 Å². The summed E-state index contributed by atoms with van der Waals surface area (Å²) in [5.74, 6) is 0.276. The van der Waals surface area contributed by atoms with Gasteiger partial charge < -0.3 is 14.5 Å². The summed E-state index contributed by atoms with van der Waals surface area (Å²) >= 11 is 0. The molecule has 0 unspecified atom stereocenters. The van der Waals surface area contributed by atoms with Gasteiger partial charge in [0.2, 0.25) is 0 Å². The van der Waals surface area contributed by atoms with Crippen molar-refractivity contribution in [3.05, 3.63) is 81.9 Å². The van der Waals surface area contributed by atoms with Crippen molar-refractivity contribution >= 4 is 34.9 Å². The van der Waals surface area contributed by atoms with Gasteiger partial charge in [0, 0.05) is 74.0 Å². The summed E-state index contributed by atoms with van der Waals surface area (Å²) in [4.78, 5) is 37.5. The molecule has 9 heteroatoms. The van der Waals surface area contributed by atoms with Crippen LogP contribution in [0.4, 0.5) is 11.4 Å². The second-order valence-electron chi connectivity index (χ2n) is 9.63. The largest absolute Gasteiger partial charge is 0.457 e. The van der Waals surface area contributed by atoms with Crippen LogP contribution in [0.25, 0.3) is 0 Å². The Balaban J connectivity index is 1.96. The van der Waals surface area contributed by atoms with Crippen molar-refractivity contribution in [3.63, 3.8) is 0 Å². The second-order valence-corrected chi connectivity index (χ2v) is 9.63. The number of ketones is 2. The van der Waals surface area contributed by atoms with E-state index in [0.717, 1.165) is 17.6 Å². The Morgan fingerprint density at radius 3 is 1.95 bits per heavy atom. The van der Waals surface area contributed by atoms with E-state index in [1.807, 2.05) is 74.4 Å². The lowest BCUT2D eigenvalue weighted by Crippen LogP contribution is -2.40. The highest BCUT2D eigenvalue weighted by Gasteiger charge is 2.63. The first-order valence-corrected chi connectivity index (χ1v) is 11.7. The molecule has 184 valence electrons. The molecule has 0 saturated carbocycles. The molecule has 0 atom stereocenters. The Morgan fingerprint density at radius 2 is 1.46 bits per heavy atom. The number of fused-ring (bicyclic) bond motifs is 6. The number of Topliss-reactive ketones (excluding diaryl/α,β-unsaturated/α-hetero) is 2. The molecule has 1 spiro atoms. The molecule has 0 aromatic heterocycles. The van der Waals surface area contributed by atoms with Gasteiger partial charge in [-0.15, -0.1) is 0 Å². The van der Waals surface area contributed by atoms with Gasteiger partial charge in [-0.3, -0.25) is 9.59 Å². The third-order valence-corrected chi connectivity index (χ3v) is 7.11. The summed E-state index contributed by atoms with van der Waals surface area (Å²) in [6.07, 6.45) is 0.933. The first-order chi connectivity index (χ1) is 17.6. The zero-order valence-electron chi connectivity index (χ0n) is 21.2. The minimum atomic E-state index is -1.26. The number of hydrogen-bond donors (Lipinski definition) is 2. The minimum Gasteiger partial charge on any atom is -0.457 e. The molecule has 3 aromatic rings. The van der Waals surface area contributed by atoms with Crippen LogP contribution in [0, 0.1) is 18.0 Å². The average molecular weight is 495 g/mol. The quantitative estimate of drug-likeness (QED) is 0.246. The first kappa shape index (κ1) is 23.9. The molecule has 1 aliphatic heterocycles. The Labute approximate surface area is 213 Å². The summed E-state index contributed by atoms with van der Waals surface area (Å²) in [7, 11) is 7.72. The molecular formula is C28H26N6O3+2. The molecule has 37 heavy (non-hydrogen) atoms.